The summed E-state index contributed by atoms with van der Waals surface area (Å²) in [5, 5.41) is 3.86. The summed E-state index contributed by atoms with van der Waals surface area (Å²) >= 11 is 0. The maximum absolute atomic E-state index is 11.6. The van der Waals surface area contributed by atoms with Crippen molar-refractivity contribution in [3.8, 4) is 17.4 Å². The molecule has 0 fully saturated rings. The molecule has 0 radical (unpaired) electrons. The molecule has 13 heteroatoms. The number of pyridine rings is 1. The molecule has 0 unspecified atom stereocenters. The number of rotatable bonds is 9. The van der Waals surface area contributed by atoms with Crippen LogP contribution >= 0.6 is 0 Å². The van der Waals surface area contributed by atoms with Gasteiger partial charge in [0.2, 0.25) is 5.88 Å². The topological polar surface area (TPSA) is 150 Å². The Kier molecular flexibility index (Phi) is 7.57. The molecule has 1 aromatic heterocycles. The van der Waals surface area contributed by atoms with Crippen molar-refractivity contribution in [1.29, 1.82) is 0 Å². The zero-order valence-corrected chi connectivity index (χ0v) is 18.8. The van der Waals surface area contributed by atoms with Gasteiger partial charge in [-0.05, 0) is 32.0 Å². The van der Waals surface area contributed by atoms with Crippen LogP contribution in [0.5, 0.6) is 17.4 Å². The first-order chi connectivity index (χ1) is 14.4. The average Bonchev–Trinajstić information content (AvgIpc) is 2.66. The number of hydrazone groups is 1. The first-order valence-electron chi connectivity index (χ1n) is 8.74. The van der Waals surface area contributed by atoms with Crippen molar-refractivity contribution in [2.24, 2.45) is 5.10 Å². The van der Waals surface area contributed by atoms with E-state index in [4.69, 9.17) is 13.7 Å². The highest BCUT2D eigenvalue weighted by Crippen LogP contribution is 2.32. The smallest absolute Gasteiger partial charge is 0.354 e. The van der Waals surface area contributed by atoms with E-state index in [1.807, 2.05) is 0 Å². The molecule has 0 bridgehead atoms. The lowest BCUT2D eigenvalue weighted by Gasteiger charge is -2.12. The molecule has 1 N–H and O–H groups in total. The van der Waals surface area contributed by atoms with Crippen LogP contribution in [0.25, 0.3) is 0 Å². The summed E-state index contributed by atoms with van der Waals surface area (Å²) in [5.74, 6) is -0.540. The number of carbonyl (C=O) groups is 1. The van der Waals surface area contributed by atoms with Crippen LogP contribution in [0.4, 0.5) is 5.69 Å². The number of sulfone groups is 1. The predicted octanol–water partition coefficient (Wildman–Crippen LogP) is 1.97. The van der Waals surface area contributed by atoms with Gasteiger partial charge in [-0.1, -0.05) is 0 Å². The molecule has 168 valence electrons. The maximum Gasteiger partial charge on any atom is 0.354 e. The third-order valence-corrected chi connectivity index (χ3v) is 5.05. The van der Waals surface area contributed by atoms with Crippen molar-refractivity contribution < 1.29 is 35.3 Å². The van der Waals surface area contributed by atoms with Crippen LogP contribution in [-0.2, 0) is 29.5 Å². The number of nitrogens with zero attached hydrogens (tertiary/aromatic N) is 2. The van der Waals surface area contributed by atoms with Crippen LogP contribution in [0.2, 0.25) is 0 Å². The Bertz CT molecular complexity index is 1190. The van der Waals surface area contributed by atoms with Crippen LogP contribution in [0, 0.1) is 0 Å². The zero-order chi connectivity index (χ0) is 23.2. The lowest BCUT2D eigenvalue weighted by atomic mass is 10.3. The minimum absolute atomic E-state index is 0.0163. The molecule has 0 aliphatic rings. The van der Waals surface area contributed by atoms with E-state index in [2.05, 4.69) is 15.5 Å². The standard InChI is InChI=1S/C18H21N3O8S2/c1-5-27-18(22)12(2)20-21-15-8-6-13(10-16(15)29-31(4,25)26)28-17-9-7-14(11-19-17)30(3,23)24/h6-11,21H,5H2,1-4H3. The molecule has 0 saturated carbocycles. The first-order valence-corrected chi connectivity index (χ1v) is 12.4. The van der Waals surface area contributed by atoms with E-state index < -0.39 is 25.9 Å². The fourth-order valence-electron chi connectivity index (χ4n) is 2.08. The van der Waals surface area contributed by atoms with Gasteiger partial charge in [0.15, 0.2) is 15.6 Å². The van der Waals surface area contributed by atoms with Gasteiger partial charge in [-0.2, -0.15) is 13.5 Å². The van der Waals surface area contributed by atoms with Gasteiger partial charge in [0.05, 0.1) is 17.8 Å². The van der Waals surface area contributed by atoms with E-state index in [1.54, 1.807) is 6.92 Å². The summed E-state index contributed by atoms with van der Waals surface area (Å²) in [6.07, 6.45) is 3.06. The van der Waals surface area contributed by atoms with E-state index >= 15 is 0 Å². The monoisotopic (exact) mass is 471 g/mol. The van der Waals surface area contributed by atoms with Crippen molar-refractivity contribution in [3.63, 3.8) is 0 Å². The highest BCUT2D eigenvalue weighted by atomic mass is 32.2. The number of hydrogen-bond donors (Lipinski definition) is 1. The quantitative estimate of drug-likeness (QED) is 0.249. The number of anilines is 1. The van der Waals surface area contributed by atoms with Crippen LogP contribution in [0.3, 0.4) is 0 Å². The van der Waals surface area contributed by atoms with E-state index in [0.717, 1.165) is 18.7 Å². The Balaban J connectivity index is 2.29. The number of benzene rings is 1. The second kappa shape index (κ2) is 9.75. The molecule has 1 aromatic carbocycles. The fourth-order valence-corrected chi connectivity index (χ4v) is 3.11. The van der Waals surface area contributed by atoms with Gasteiger partial charge in [-0.3, -0.25) is 5.43 Å². The number of ether oxygens (including phenoxy) is 2. The molecule has 0 aliphatic heterocycles. The van der Waals surface area contributed by atoms with Gasteiger partial charge in [0.1, 0.15) is 17.1 Å². The van der Waals surface area contributed by atoms with Crippen molar-refractivity contribution in [3.05, 3.63) is 36.5 Å². The van der Waals surface area contributed by atoms with E-state index in [1.165, 1.54) is 37.3 Å². The number of aromatic nitrogens is 1. The molecule has 0 spiro atoms. The third kappa shape index (κ3) is 7.53. The molecule has 1 heterocycles. The number of esters is 1. The lowest BCUT2D eigenvalue weighted by Crippen LogP contribution is -2.15. The van der Waals surface area contributed by atoms with Crippen molar-refractivity contribution >= 4 is 37.3 Å². The van der Waals surface area contributed by atoms with Gasteiger partial charge in [-0.25, -0.2) is 18.2 Å². The SMILES string of the molecule is CCOC(=O)C(C)=NNc1ccc(Oc2ccc(S(C)(=O)=O)cn2)cc1OS(C)(=O)=O. The molecule has 0 atom stereocenters. The summed E-state index contributed by atoms with van der Waals surface area (Å²) < 4.78 is 61.6. The van der Waals surface area contributed by atoms with Gasteiger partial charge in [0, 0.05) is 24.6 Å². The Labute approximate surface area is 180 Å². The molecule has 0 aliphatic carbocycles. The predicted molar refractivity (Wildman–Crippen MR) is 113 cm³/mol. The van der Waals surface area contributed by atoms with E-state index in [9.17, 15) is 21.6 Å². The summed E-state index contributed by atoms with van der Waals surface area (Å²) in [6.45, 7) is 3.25. The van der Waals surface area contributed by atoms with Crippen molar-refractivity contribution in [2.75, 3.05) is 24.5 Å². The minimum Gasteiger partial charge on any atom is -0.461 e. The first kappa shape index (κ1) is 24.1. The number of carbonyl (C=O) groups excluding carboxylic acids is 1. The average molecular weight is 472 g/mol. The Hall–Kier alpha value is -3.19. The molecule has 0 amide bonds. The van der Waals surface area contributed by atoms with Gasteiger partial charge >= 0.3 is 16.1 Å². The highest BCUT2D eigenvalue weighted by Gasteiger charge is 2.14. The highest BCUT2D eigenvalue weighted by molar-refractivity contribution is 7.90. The molecule has 0 saturated heterocycles. The van der Waals surface area contributed by atoms with E-state index in [-0.39, 0.29) is 40.3 Å². The molecule has 11 nitrogen and oxygen atoms in total. The molecule has 2 rings (SSSR count). The number of hydrogen-bond acceptors (Lipinski definition) is 11. The summed E-state index contributed by atoms with van der Waals surface area (Å²) in [5.41, 5.74) is 2.71. The Morgan fingerprint density at radius 1 is 1.13 bits per heavy atom. The normalized spacial score (nSPS) is 12.2. The van der Waals surface area contributed by atoms with Crippen LogP contribution in [0.15, 0.2) is 46.5 Å². The van der Waals surface area contributed by atoms with Gasteiger partial charge in [-0.15, -0.1) is 0 Å². The Morgan fingerprint density at radius 3 is 2.39 bits per heavy atom. The summed E-state index contributed by atoms with van der Waals surface area (Å²) in [7, 11) is -7.30. The van der Waals surface area contributed by atoms with Crippen molar-refractivity contribution in [1.82, 2.24) is 4.98 Å². The fraction of sp³-hybridized carbons (Fsp3) is 0.278. The molecule has 2 aromatic rings. The summed E-state index contributed by atoms with van der Waals surface area (Å²) in [6, 6.07) is 6.84. The zero-order valence-electron chi connectivity index (χ0n) is 17.1. The van der Waals surface area contributed by atoms with Gasteiger partial charge < -0.3 is 13.7 Å². The maximum atomic E-state index is 11.6. The lowest BCUT2D eigenvalue weighted by molar-refractivity contribution is -0.135. The number of nitrogens with one attached hydrogen (secondary N) is 1. The summed E-state index contributed by atoms with van der Waals surface area (Å²) in [4.78, 5) is 15.6. The van der Waals surface area contributed by atoms with E-state index in [0.29, 0.717) is 0 Å². The largest absolute Gasteiger partial charge is 0.461 e. The van der Waals surface area contributed by atoms with Crippen LogP contribution < -0.4 is 14.3 Å². The molecular formula is C18H21N3O8S2. The van der Waals surface area contributed by atoms with Gasteiger partial charge in [0.25, 0.3) is 0 Å². The minimum atomic E-state index is -3.89. The van der Waals surface area contributed by atoms with Crippen LogP contribution in [-0.4, -0.2) is 52.6 Å². The van der Waals surface area contributed by atoms with Crippen LogP contribution in [0.1, 0.15) is 13.8 Å². The second-order valence-electron chi connectivity index (χ2n) is 6.18. The molecule has 31 heavy (non-hydrogen) atoms. The molecular weight excluding hydrogens is 450 g/mol. The van der Waals surface area contributed by atoms with Crippen molar-refractivity contribution in [2.45, 2.75) is 18.7 Å². The Morgan fingerprint density at radius 2 is 1.84 bits per heavy atom. The third-order valence-electron chi connectivity index (χ3n) is 3.47. The second-order valence-corrected chi connectivity index (χ2v) is 9.77.